The van der Waals surface area contributed by atoms with Gasteiger partial charge < -0.3 is 14.8 Å². The predicted molar refractivity (Wildman–Crippen MR) is 125 cm³/mol. The van der Waals surface area contributed by atoms with Crippen molar-refractivity contribution >= 4 is 39.0 Å². The fraction of sp³-hybridized carbons (Fsp3) is 0.125. The minimum absolute atomic E-state index is 0.0396. The Morgan fingerprint density at radius 2 is 1.57 bits per heavy atom. The van der Waals surface area contributed by atoms with Crippen LogP contribution in [0.5, 0.6) is 11.5 Å². The lowest BCUT2D eigenvalue weighted by molar-refractivity contribution is -0.137. The third kappa shape index (κ3) is 4.80. The maximum atomic E-state index is 12.9. The van der Waals surface area contributed by atoms with E-state index in [1.54, 1.807) is 24.3 Å². The number of anilines is 2. The first-order valence-electron chi connectivity index (χ1n) is 10.1. The number of hydrogen-bond donors (Lipinski definition) is 2. The van der Waals surface area contributed by atoms with Crippen LogP contribution < -0.4 is 19.5 Å². The highest BCUT2D eigenvalue weighted by Gasteiger charge is 2.31. The highest BCUT2D eigenvalue weighted by atomic mass is 32.2. The van der Waals surface area contributed by atoms with Crippen molar-refractivity contribution in [3.05, 3.63) is 77.4 Å². The van der Waals surface area contributed by atoms with E-state index in [2.05, 4.69) is 10.0 Å². The molecule has 182 valence electrons. The number of sulfonamides is 1. The lowest BCUT2D eigenvalue weighted by Crippen LogP contribution is -2.13. The van der Waals surface area contributed by atoms with Gasteiger partial charge in [0, 0.05) is 22.5 Å². The van der Waals surface area contributed by atoms with Crippen LogP contribution in [0, 0.1) is 0 Å². The Kier molecular flexibility index (Phi) is 6.20. The Labute approximate surface area is 199 Å². The van der Waals surface area contributed by atoms with Gasteiger partial charge in [-0.2, -0.15) is 13.2 Å². The largest absolute Gasteiger partial charge is 0.496 e. The van der Waals surface area contributed by atoms with Crippen LogP contribution in [0.2, 0.25) is 0 Å². The number of methoxy groups -OCH3 is 2. The van der Waals surface area contributed by atoms with Crippen molar-refractivity contribution in [3.8, 4) is 11.5 Å². The van der Waals surface area contributed by atoms with E-state index in [1.807, 2.05) is 0 Å². The summed E-state index contributed by atoms with van der Waals surface area (Å²) in [4.78, 5) is 12.5. The van der Waals surface area contributed by atoms with E-state index < -0.39 is 27.7 Å². The van der Waals surface area contributed by atoms with Crippen LogP contribution in [0.4, 0.5) is 24.5 Å². The molecule has 0 radical (unpaired) electrons. The molecule has 3 aromatic carbocycles. The van der Waals surface area contributed by atoms with Gasteiger partial charge in [-0.25, -0.2) is 8.42 Å². The van der Waals surface area contributed by atoms with Crippen LogP contribution in [0.1, 0.15) is 16.7 Å². The van der Waals surface area contributed by atoms with E-state index in [0.29, 0.717) is 28.3 Å². The van der Waals surface area contributed by atoms with E-state index in [4.69, 9.17) is 9.47 Å². The third-order valence-electron chi connectivity index (χ3n) is 5.30. The molecule has 1 amide bonds. The molecular weight excluding hydrogens is 485 g/mol. The van der Waals surface area contributed by atoms with Crippen LogP contribution in [0.25, 0.3) is 11.6 Å². The maximum Gasteiger partial charge on any atom is 0.416 e. The normalized spacial score (nSPS) is 14.4. The number of alkyl halides is 3. The summed E-state index contributed by atoms with van der Waals surface area (Å²) in [6.07, 6.45) is -3.00. The first-order valence-corrected chi connectivity index (χ1v) is 11.6. The molecule has 0 bridgehead atoms. The molecule has 1 aliphatic heterocycles. The molecule has 0 atom stereocenters. The lowest BCUT2D eigenvalue weighted by atomic mass is 10.0. The Balaban J connectivity index is 1.71. The van der Waals surface area contributed by atoms with Gasteiger partial charge in [0.2, 0.25) is 0 Å². The summed E-state index contributed by atoms with van der Waals surface area (Å²) >= 11 is 0. The maximum absolute atomic E-state index is 12.9. The fourth-order valence-electron chi connectivity index (χ4n) is 3.59. The molecule has 1 aliphatic rings. The summed E-state index contributed by atoms with van der Waals surface area (Å²) in [6.45, 7) is 0. The zero-order valence-electron chi connectivity index (χ0n) is 18.4. The average molecular weight is 504 g/mol. The zero-order valence-corrected chi connectivity index (χ0v) is 19.3. The second kappa shape index (κ2) is 8.99. The van der Waals surface area contributed by atoms with Crippen molar-refractivity contribution in [2.75, 3.05) is 24.3 Å². The minimum Gasteiger partial charge on any atom is -0.496 e. The second-order valence-corrected chi connectivity index (χ2v) is 9.16. The number of fused-ring (bicyclic) bond motifs is 1. The van der Waals surface area contributed by atoms with E-state index in [1.165, 1.54) is 32.4 Å². The predicted octanol–water partition coefficient (Wildman–Crippen LogP) is 5.02. The summed E-state index contributed by atoms with van der Waals surface area (Å²) in [7, 11) is -1.23. The molecule has 11 heteroatoms. The molecule has 4 rings (SSSR count). The first kappa shape index (κ1) is 24.1. The number of amides is 1. The summed E-state index contributed by atoms with van der Waals surface area (Å²) in [5.74, 6) is 0.454. The summed E-state index contributed by atoms with van der Waals surface area (Å²) < 4.78 is 77.2. The number of nitrogens with one attached hydrogen (secondary N) is 2. The van der Waals surface area contributed by atoms with Gasteiger partial charge in [0.05, 0.1) is 30.2 Å². The van der Waals surface area contributed by atoms with Crippen molar-refractivity contribution in [1.82, 2.24) is 0 Å². The Morgan fingerprint density at radius 1 is 0.943 bits per heavy atom. The van der Waals surface area contributed by atoms with E-state index in [9.17, 15) is 26.4 Å². The smallest absolute Gasteiger partial charge is 0.416 e. The molecule has 3 aromatic rings. The molecular formula is C24H19F3N2O5S. The number of ether oxygens (including phenoxy) is 2. The molecule has 0 spiro atoms. The Morgan fingerprint density at radius 3 is 2.14 bits per heavy atom. The molecule has 1 heterocycles. The molecule has 2 N–H and O–H groups in total. The summed E-state index contributed by atoms with van der Waals surface area (Å²) in [5.41, 5.74) is 0.481. The molecule has 0 aliphatic carbocycles. The monoisotopic (exact) mass is 504 g/mol. The summed E-state index contributed by atoms with van der Waals surface area (Å²) in [6, 6.07) is 12.8. The molecule has 0 fully saturated rings. The molecule has 0 saturated carbocycles. The number of carbonyl (C=O) groups is 1. The highest BCUT2D eigenvalue weighted by molar-refractivity contribution is 7.92. The molecule has 0 saturated heterocycles. The van der Waals surface area contributed by atoms with Crippen molar-refractivity contribution in [3.63, 3.8) is 0 Å². The van der Waals surface area contributed by atoms with Crippen molar-refractivity contribution < 1.29 is 35.9 Å². The quantitative estimate of drug-likeness (QED) is 0.460. The topological polar surface area (TPSA) is 93.7 Å². The van der Waals surface area contributed by atoms with Crippen LogP contribution in [0.15, 0.2) is 65.6 Å². The zero-order chi connectivity index (χ0) is 25.4. The number of hydrogen-bond acceptors (Lipinski definition) is 5. The van der Waals surface area contributed by atoms with Gasteiger partial charge in [0.1, 0.15) is 11.5 Å². The average Bonchev–Trinajstić information content (AvgIpc) is 3.13. The third-order valence-corrected chi connectivity index (χ3v) is 6.68. The van der Waals surface area contributed by atoms with Crippen LogP contribution in [-0.4, -0.2) is 28.5 Å². The van der Waals surface area contributed by atoms with E-state index in [0.717, 1.165) is 24.3 Å². The van der Waals surface area contributed by atoms with Gasteiger partial charge in [0.25, 0.3) is 15.9 Å². The number of halogens is 3. The molecule has 0 unspecified atom stereocenters. The van der Waals surface area contributed by atoms with Gasteiger partial charge in [-0.3, -0.25) is 9.52 Å². The molecule has 7 nitrogen and oxygen atoms in total. The van der Waals surface area contributed by atoms with Crippen molar-refractivity contribution in [1.29, 1.82) is 0 Å². The minimum atomic E-state index is -4.54. The summed E-state index contributed by atoms with van der Waals surface area (Å²) in [5, 5.41) is 2.68. The van der Waals surface area contributed by atoms with Crippen LogP contribution in [-0.2, 0) is 21.0 Å². The van der Waals surface area contributed by atoms with Gasteiger partial charge in [0.15, 0.2) is 0 Å². The number of rotatable bonds is 6. The van der Waals surface area contributed by atoms with Gasteiger partial charge >= 0.3 is 6.18 Å². The molecule has 35 heavy (non-hydrogen) atoms. The fourth-order valence-corrected chi connectivity index (χ4v) is 4.67. The first-order chi connectivity index (χ1) is 16.5. The Hall–Kier alpha value is -3.99. The van der Waals surface area contributed by atoms with E-state index in [-0.39, 0.29) is 16.2 Å². The second-order valence-electron chi connectivity index (χ2n) is 7.48. The van der Waals surface area contributed by atoms with E-state index >= 15 is 0 Å². The van der Waals surface area contributed by atoms with Gasteiger partial charge in [-0.15, -0.1) is 0 Å². The Bertz CT molecular complexity index is 1410. The van der Waals surface area contributed by atoms with Crippen LogP contribution in [0.3, 0.4) is 0 Å². The lowest BCUT2D eigenvalue weighted by Gasteiger charge is -2.12. The van der Waals surface area contributed by atoms with Crippen LogP contribution >= 0.6 is 0 Å². The SMILES string of the molecule is COc1cccc(OC)c1C=C1C(=O)Nc2ccc(S(=O)(=O)Nc3ccc(C(F)(F)F)cc3)cc21. The van der Waals surface area contributed by atoms with Crippen molar-refractivity contribution in [2.24, 2.45) is 0 Å². The number of carbonyl (C=O) groups excluding carboxylic acids is 1. The van der Waals surface area contributed by atoms with Gasteiger partial charge in [-0.05, 0) is 60.7 Å². The standard InChI is InChI=1S/C24H19F3N2O5S/c1-33-21-4-3-5-22(34-2)19(21)13-18-17-12-16(10-11-20(17)28-23(18)30)35(31,32)29-15-8-6-14(7-9-15)24(25,26)27/h3-13,29H,1-2H3,(H,28,30). The van der Waals surface area contributed by atoms with Crippen molar-refractivity contribution in [2.45, 2.75) is 11.1 Å². The number of benzene rings is 3. The van der Waals surface area contributed by atoms with Gasteiger partial charge in [-0.1, -0.05) is 6.07 Å². The molecule has 0 aromatic heterocycles. The highest BCUT2D eigenvalue weighted by Crippen LogP contribution is 2.39.